The van der Waals surface area contributed by atoms with Gasteiger partial charge in [0.2, 0.25) is 0 Å². The van der Waals surface area contributed by atoms with Crippen LogP contribution in [0.5, 0.6) is 0 Å². The first-order valence-electron chi connectivity index (χ1n) is 5.00. The summed E-state index contributed by atoms with van der Waals surface area (Å²) in [7, 11) is 1.60. The first-order valence-corrected chi connectivity index (χ1v) is 5.91. The summed E-state index contributed by atoms with van der Waals surface area (Å²) in [6.45, 7) is 0.377. The highest BCUT2D eigenvalue weighted by molar-refractivity contribution is 6.31. The van der Waals surface area contributed by atoms with Crippen molar-refractivity contribution in [3.63, 3.8) is 0 Å². The summed E-state index contributed by atoms with van der Waals surface area (Å²) >= 11 is 12.1. The van der Waals surface area contributed by atoms with Crippen molar-refractivity contribution < 1.29 is 4.74 Å². The van der Waals surface area contributed by atoms with Gasteiger partial charge in [-0.2, -0.15) is 5.10 Å². The molecule has 4 nitrogen and oxygen atoms in total. The molecule has 0 radical (unpaired) electrons. The molecule has 17 heavy (non-hydrogen) atoms. The van der Waals surface area contributed by atoms with E-state index in [2.05, 4.69) is 10.1 Å². The van der Waals surface area contributed by atoms with Gasteiger partial charge in [0, 0.05) is 18.9 Å². The maximum Gasteiger partial charge on any atom is 0.155 e. The Morgan fingerprint density at radius 3 is 2.82 bits per heavy atom. The second kappa shape index (κ2) is 5.49. The Hall–Kier alpha value is -1.10. The summed E-state index contributed by atoms with van der Waals surface area (Å²) in [6.07, 6.45) is 1.68. The van der Waals surface area contributed by atoms with Gasteiger partial charge in [0.1, 0.15) is 5.15 Å². The molecule has 0 bridgehead atoms. The summed E-state index contributed by atoms with van der Waals surface area (Å²) in [5.74, 6) is 0.955. The Balaban J connectivity index is 2.49. The molecule has 0 unspecified atom stereocenters. The van der Waals surface area contributed by atoms with Crippen molar-refractivity contribution in [3.8, 4) is 5.82 Å². The van der Waals surface area contributed by atoms with E-state index < -0.39 is 0 Å². The Morgan fingerprint density at radius 2 is 2.24 bits per heavy atom. The Morgan fingerprint density at radius 1 is 1.41 bits per heavy atom. The van der Waals surface area contributed by atoms with E-state index in [9.17, 15) is 0 Å². The van der Waals surface area contributed by atoms with Crippen molar-refractivity contribution in [2.45, 2.75) is 12.5 Å². The Kier molecular flexibility index (Phi) is 3.99. The number of halogens is 2. The molecule has 0 saturated heterocycles. The largest absolute Gasteiger partial charge is 0.378 e. The fourth-order valence-electron chi connectivity index (χ4n) is 1.49. The molecule has 2 heterocycles. The first kappa shape index (κ1) is 12.4. The zero-order chi connectivity index (χ0) is 12.3. The third-order valence-corrected chi connectivity index (χ3v) is 2.94. The van der Waals surface area contributed by atoms with Crippen molar-refractivity contribution >= 4 is 23.2 Å². The molecule has 6 heteroatoms. The van der Waals surface area contributed by atoms with Crippen molar-refractivity contribution in [2.24, 2.45) is 0 Å². The van der Waals surface area contributed by atoms with Crippen LogP contribution in [0.4, 0.5) is 0 Å². The molecule has 0 aliphatic rings. The summed E-state index contributed by atoms with van der Waals surface area (Å²) in [4.78, 5) is 4.19. The molecule has 0 fully saturated rings. The second-order valence-electron chi connectivity index (χ2n) is 3.38. The summed E-state index contributed by atoms with van der Waals surface area (Å²) in [5.41, 5.74) is 1.51. The van der Waals surface area contributed by atoms with Crippen LogP contribution < -0.4 is 0 Å². The Bertz CT molecular complexity index is 499. The zero-order valence-electron chi connectivity index (χ0n) is 9.23. The third-order valence-electron chi connectivity index (χ3n) is 2.29. The number of hydrogen-bond donors (Lipinski definition) is 0. The molecule has 0 spiro atoms. The van der Waals surface area contributed by atoms with E-state index in [0.29, 0.717) is 23.5 Å². The molecular weight excluding hydrogens is 261 g/mol. The number of aromatic nitrogens is 3. The van der Waals surface area contributed by atoms with Crippen LogP contribution >= 0.6 is 23.2 Å². The fraction of sp³-hybridized carbons (Fsp3) is 0.273. The van der Waals surface area contributed by atoms with E-state index in [1.54, 1.807) is 18.0 Å². The molecule has 0 N–H and O–H groups in total. The molecule has 0 amide bonds. The predicted octanol–water partition coefficient (Wildman–Crippen LogP) is 2.81. The maximum absolute atomic E-state index is 6.22. The van der Waals surface area contributed by atoms with Gasteiger partial charge in [0.05, 0.1) is 18.2 Å². The van der Waals surface area contributed by atoms with Crippen LogP contribution in [0.2, 0.25) is 5.15 Å². The smallest absolute Gasteiger partial charge is 0.155 e. The highest BCUT2D eigenvalue weighted by atomic mass is 35.5. The van der Waals surface area contributed by atoms with Gasteiger partial charge < -0.3 is 4.74 Å². The molecule has 0 aliphatic carbocycles. The average Bonchev–Trinajstić information content (AvgIpc) is 2.67. The van der Waals surface area contributed by atoms with Crippen LogP contribution in [0.3, 0.4) is 0 Å². The standard InChI is InChI=1S/C11H11Cl2N3O/c1-17-7-9-8(6-12)11(13)16(15-9)10-4-2-3-5-14-10/h2-5H,6-7H2,1H3. The number of hydrogen-bond acceptors (Lipinski definition) is 3. The lowest BCUT2D eigenvalue weighted by atomic mass is 10.3. The SMILES string of the molecule is COCc1nn(-c2ccccn2)c(Cl)c1CCl. The fourth-order valence-corrected chi connectivity index (χ4v) is 2.14. The molecule has 2 aromatic rings. The monoisotopic (exact) mass is 271 g/mol. The van der Waals surface area contributed by atoms with E-state index in [4.69, 9.17) is 27.9 Å². The Labute approximate surface area is 109 Å². The molecule has 0 aliphatic heterocycles. The zero-order valence-corrected chi connectivity index (χ0v) is 10.7. The van der Waals surface area contributed by atoms with Crippen LogP contribution in [-0.4, -0.2) is 21.9 Å². The molecule has 2 rings (SSSR count). The van der Waals surface area contributed by atoms with E-state index in [-0.39, 0.29) is 0 Å². The second-order valence-corrected chi connectivity index (χ2v) is 4.01. The maximum atomic E-state index is 6.22. The van der Waals surface area contributed by atoms with Crippen LogP contribution in [0.25, 0.3) is 5.82 Å². The molecule has 90 valence electrons. The highest BCUT2D eigenvalue weighted by Gasteiger charge is 2.16. The van der Waals surface area contributed by atoms with Crippen LogP contribution in [-0.2, 0) is 17.2 Å². The normalized spacial score (nSPS) is 10.8. The first-order chi connectivity index (χ1) is 8.27. The van der Waals surface area contributed by atoms with Crippen molar-refractivity contribution in [3.05, 3.63) is 40.8 Å². The highest BCUT2D eigenvalue weighted by Crippen LogP contribution is 2.24. The lowest BCUT2D eigenvalue weighted by Crippen LogP contribution is -2.00. The minimum Gasteiger partial charge on any atom is -0.378 e. The minimum atomic E-state index is 0.296. The molecule has 0 atom stereocenters. The molecule has 2 aromatic heterocycles. The van der Waals surface area contributed by atoms with Gasteiger partial charge in [-0.25, -0.2) is 9.67 Å². The van der Waals surface area contributed by atoms with Gasteiger partial charge in [-0.3, -0.25) is 0 Å². The van der Waals surface area contributed by atoms with Crippen LogP contribution in [0.15, 0.2) is 24.4 Å². The quantitative estimate of drug-likeness (QED) is 0.803. The van der Waals surface area contributed by atoms with E-state index in [0.717, 1.165) is 11.3 Å². The van der Waals surface area contributed by atoms with Gasteiger partial charge in [0.25, 0.3) is 0 Å². The topological polar surface area (TPSA) is 39.9 Å². The van der Waals surface area contributed by atoms with Gasteiger partial charge in [-0.05, 0) is 12.1 Å². The summed E-state index contributed by atoms with van der Waals surface area (Å²) < 4.78 is 6.62. The van der Waals surface area contributed by atoms with E-state index >= 15 is 0 Å². The van der Waals surface area contributed by atoms with Gasteiger partial charge >= 0.3 is 0 Å². The number of ether oxygens (including phenoxy) is 1. The van der Waals surface area contributed by atoms with Crippen molar-refractivity contribution in [2.75, 3.05) is 7.11 Å². The number of alkyl halides is 1. The molecule has 0 saturated carbocycles. The van der Waals surface area contributed by atoms with Crippen LogP contribution in [0.1, 0.15) is 11.3 Å². The lowest BCUT2D eigenvalue weighted by Gasteiger charge is -2.00. The number of pyridine rings is 1. The van der Waals surface area contributed by atoms with Crippen molar-refractivity contribution in [1.29, 1.82) is 0 Å². The average molecular weight is 272 g/mol. The van der Waals surface area contributed by atoms with Crippen molar-refractivity contribution in [1.82, 2.24) is 14.8 Å². The van der Waals surface area contributed by atoms with Gasteiger partial charge in [-0.1, -0.05) is 17.7 Å². The number of methoxy groups -OCH3 is 1. The molecule has 0 aromatic carbocycles. The predicted molar refractivity (Wildman–Crippen MR) is 66.6 cm³/mol. The van der Waals surface area contributed by atoms with Gasteiger partial charge in [-0.15, -0.1) is 11.6 Å². The number of nitrogens with zero attached hydrogens (tertiary/aromatic N) is 3. The summed E-state index contributed by atoms with van der Waals surface area (Å²) in [6, 6.07) is 5.53. The van der Waals surface area contributed by atoms with Crippen LogP contribution in [0, 0.1) is 0 Å². The third kappa shape index (κ3) is 2.44. The minimum absolute atomic E-state index is 0.296. The summed E-state index contributed by atoms with van der Waals surface area (Å²) in [5, 5.41) is 4.83. The van der Waals surface area contributed by atoms with E-state index in [1.165, 1.54) is 0 Å². The van der Waals surface area contributed by atoms with E-state index in [1.807, 2.05) is 18.2 Å². The number of rotatable bonds is 4. The molecular formula is C11H11Cl2N3O. The van der Waals surface area contributed by atoms with Gasteiger partial charge in [0.15, 0.2) is 5.82 Å². The lowest BCUT2D eigenvalue weighted by molar-refractivity contribution is 0.180.